The highest BCUT2D eigenvalue weighted by atomic mass is 32.1. The first-order valence-electron chi connectivity index (χ1n) is 7.03. The molecule has 2 rings (SSSR count). The van der Waals surface area contributed by atoms with Crippen LogP contribution in [0.15, 0.2) is 5.38 Å². The van der Waals surface area contributed by atoms with Crippen molar-refractivity contribution in [1.29, 1.82) is 0 Å². The first kappa shape index (κ1) is 14.0. The zero-order valence-electron chi connectivity index (χ0n) is 11.2. The van der Waals surface area contributed by atoms with E-state index < -0.39 is 0 Å². The van der Waals surface area contributed by atoms with E-state index in [1.807, 2.05) is 0 Å². The van der Waals surface area contributed by atoms with Crippen molar-refractivity contribution in [1.82, 2.24) is 10.3 Å². The molecule has 102 valence electrons. The number of nitrogens with zero attached hydrogens (tertiary/aromatic N) is 1. The fourth-order valence-electron chi connectivity index (χ4n) is 2.74. The molecule has 18 heavy (non-hydrogen) atoms. The lowest BCUT2D eigenvalue weighted by Crippen LogP contribution is -2.38. The molecule has 3 nitrogen and oxygen atoms in total. The third-order valence-electron chi connectivity index (χ3n) is 3.96. The van der Waals surface area contributed by atoms with Crippen LogP contribution in [0, 0.1) is 5.41 Å². The normalized spacial score (nSPS) is 19.0. The number of hydrogen-bond donors (Lipinski definition) is 2. The minimum absolute atomic E-state index is 0.127. The van der Waals surface area contributed by atoms with Crippen LogP contribution in [0.3, 0.4) is 0 Å². The van der Waals surface area contributed by atoms with E-state index >= 15 is 0 Å². The van der Waals surface area contributed by atoms with Crippen LogP contribution in [0.2, 0.25) is 0 Å². The van der Waals surface area contributed by atoms with Crippen molar-refractivity contribution in [3.63, 3.8) is 0 Å². The van der Waals surface area contributed by atoms with Gasteiger partial charge in [-0.1, -0.05) is 26.2 Å². The number of aromatic nitrogens is 1. The average Bonchev–Trinajstić information content (AvgIpc) is 2.88. The van der Waals surface area contributed by atoms with Crippen molar-refractivity contribution in [2.75, 3.05) is 13.2 Å². The van der Waals surface area contributed by atoms with Crippen molar-refractivity contribution in [3.05, 3.63) is 16.1 Å². The van der Waals surface area contributed by atoms with Gasteiger partial charge in [-0.05, 0) is 19.3 Å². The monoisotopic (exact) mass is 268 g/mol. The lowest BCUT2D eigenvalue weighted by atomic mass is 9.74. The number of nitrogens with one attached hydrogen (secondary N) is 1. The van der Waals surface area contributed by atoms with E-state index in [1.54, 1.807) is 11.3 Å². The molecule has 0 spiro atoms. The molecule has 0 bridgehead atoms. The second-order valence-electron chi connectivity index (χ2n) is 5.41. The molecule has 1 aliphatic rings. The molecule has 0 aromatic carbocycles. The van der Waals surface area contributed by atoms with Gasteiger partial charge < -0.3 is 10.4 Å². The molecule has 2 N–H and O–H groups in total. The second-order valence-corrected chi connectivity index (χ2v) is 6.35. The number of aryl methyl sites for hydroxylation is 1. The Kier molecular flexibility index (Phi) is 5.15. The Labute approximate surface area is 114 Å². The van der Waals surface area contributed by atoms with Gasteiger partial charge in [-0.15, -0.1) is 11.3 Å². The summed E-state index contributed by atoms with van der Waals surface area (Å²) >= 11 is 1.74. The van der Waals surface area contributed by atoms with Gasteiger partial charge in [0.25, 0.3) is 0 Å². The van der Waals surface area contributed by atoms with E-state index in [9.17, 15) is 5.11 Å². The Bertz CT molecular complexity index is 358. The van der Waals surface area contributed by atoms with Crippen LogP contribution in [0.4, 0.5) is 0 Å². The van der Waals surface area contributed by atoms with Crippen molar-refractivity contribution in [2.24, 2.45) is 5.41 Å². The molecule has 0 unspecified atom stereocenters. The van der Waals surface area contributed by atoms with Crippen LogP contribution in [-0.2, 0) is 13.0 Å². The van der Waals surface area contributed by atoms with Crippen molar-refractivity contribution in [2.45, 2.75) is 52.0 Å². The Morgan fingerprint density at radius 2 is 2.17 bits per heavy atom. The minimum Gasteiger partial charge on any atom is -0.396 e. The van der Waals surface area contributed by atoms with E-state index in [1.165, 1.54) is 24.3 Å². The fourth-order valence-corrected chi connectivity index (χ4v) is 3.49. The third-order valence-corrected chi connectivity index (χ3v) is 5.00. The molecule has 0 aliphatic heterocycles. The SMILES string of the molecule is CCc1nc(CNCC2(CO)CCCCC2)cs1. The number of thiazole rings is 1. The number of rotatable bonds is 6. The molecule has 1 aromatic heterocycles. The van der Waals surface area contributed by atoms with E-state index in [2.05, 4.69) is 22.6 Å². The zero-order chi connectivity index (χ0) is 12.8. The van der Waals surface area contributed by atoms with Gasteiger partial charge in [0.2, 0.25) is 0 Å². The van der Waals surface area contributed by atoms with Crippen molar-refractivity contribution >= 4 is 11.3 Å². The number of aliphatic hydroxyl groups is 1. The minimum atomic E-state index is 0.127. The van der Waals surface area contributed by atoms with Gasteiger partial charge in [-0.2, -0.15) is 0 Å². The lowest BCUT2D eigenvalue weighted by Gasteiger charge is -2.35. The molecule has 0 radical (unpaired) electrons. The van der Waals surface area contributed by atoms with Crippen molar-refractivity contribution in [3.8, 4) is 0 Å². The molecular weight excluding hydrogens is 244 g/mol. The Morgan fingerprint density at radius 1 is 1.39 bits per heavy atom. The van der Waals surface area contributed by atoms with Crippen molar-refractivity contribution < 1.29 is 5.11 Å². The highest BCUT2D eigenvalue weighted by molar-refractivity contribution is 7.09. The maximum absolute atomic E-state index is 9.63. The zero-order valence-corrected chi connectivity index (χ0v) is 12.1. The van der Waals surface area contributed by atoms with Crippen LogP contribution in [0.5, 0.6) is 0 Å². The highest BCUT2D eigenvalue weighted by Gasteiger charge is 2.30. The summed E-state index contributed by atoms with van der Waals surface area (Å²) in [7, 11) is 0. The summed E-state index contributed by atoms with van der Waals surface area (Å²) in [5, 5.41) is 16.5. The molecule has 1 fully saturated rings. The summed E-state index contributed by atoms with van der Waals surface area (Å²) in [6, 6.07) is 0. The van der Waals surface area contributed by atoms with Gasteiger partial charge in [0.15, 0.2) is 0 Å². The van der Waals surface area contributed by atoms with E-state index in [0.29, 0.717) is 6.61 Å². The maximum atomic E-state index is 9.63. The topological polar surface area (TPSA) is 45.2 Å². The summed E-state index contributed by atoms with van der Waals surface area (Å²) in [5.74, 6) is 0. The predicted octanol–water partition coefficient (Wildman–Crippen LogP) is 2.74. The molecule has 1 aromatic rings. The summed E-state index contributed by atoms with van der Waals surface area (Å²) < 4.78 is 0. The fraction of sp³-hybridized carbons (Fsp3) is 0.786. The molecule has 1 saturated carbocycles. The average molecular weight is 268 g/mol. The molecule has 1 heterocycles. The van der Waals surface area contributed by atoms with Gasteiger partial charge in [0.1, 0.15) is 0 Å². The first-order valence-corrected chi connectivity index (χ1v) is 7.91. The van der Waals surface area contributed by atoms with Gasteiger partial charge in [-0.25, -0.2) is 4.98 Å². The number of hydrogen-bond acceptors (Lipinski definition) is 4. The highest BCUT2D eigenvalue weighted by Crippen LogP contribution is 2.35. The summed E-state index contributed by atoms with van der Waals surface area (Å²) in [5.41, 5.74) is 1.27. The van der Waals surface area contributed by atoms with Crippen LogP contribution in [0.25, 0.3) is 0 Å². The largest absolute Gasteiger partial charge is 0.396 e. The Balaban J connectivity index is 1.79. The number of aliphatic hydroxyl groups excluding tert-OH is 1. The first-order chi connectivity index (χ1) is 8.78. The molecule has 0 saturated heterocycles. The molecule has 0 amide bonds. The second kappa shape index (κ2) is 6.64. The molecule has 0 atom stereocenters. The summed E-state index contributed by atoms with van der Waals surface area (Å²) in [6.45, 7) is 4.21. The van der Waals surface area contributed by atoms with Gasteiger partial charge >= 0.3 is 0 Å². The van der Waals surface area contributed by atoms with E-state index in [4.69, 9.17) is 0 Å². The Hall–Kier alpha value is -0.450. The van der Waals surface area contributed by atoms with E-state index in [0.717, 1.165) is 38.0 Å². The predicted molar refractivity (Wildman–Crippen MR) is 75.8 cm³/mol. The lowest BCUT2D eigenvalue weighted by molar-refractivity contribution is 0.0810. The van der Waals surface area contributed by atoms with Gasteiger partial charge in [0, 0.05) is 30.5 Å². The maximum Gasteiger partial charge on any atom is 0.0926 e. The van der Waals surface area contributed by atoms with Gasteiger partial charge in [0.05, 0.1) is 10.7 Å². The summed E-state index contributed by atoms with van der Waals surface area (Å²) in [6.07, 6.45) is 7.19. The van der Waals surface area contributed by atoms with E-state index in [-0.39, 0.29) is 5.41 Å². The van der Waals surface area contributed by atoms with Crippen LogP contribution < -0.4 is 5.32 Å². The van der Waals surface area contributed by atoms with Crippen LogP contribution >= 0.6 is 11.3 Å². The molecule has 1 aliphatic carbocycles. The quantitative estimate of drug-likeness (QED) is 0.834. The van der Waals surface area contributed by atoms with Crippen LogP contribution in [0.1, 0.15) is 49.7 Å². The van der Waals surface area contributed by atoms with Crippen LogP contribution in [-0.4, -0.2) is 23.2 Å². The smallest absolute Gasteiger partial charge is 0.0926 e. The third kappa shape index (κ3) is 3.53. The van der Waals surface area contributed by atoms with Gasteiger partial charge in [-0.3, -0.25) is 0 Å². The standard InChI is InChI=1S/C14H24N2OS/c1-2-13-16-12(9-18-13)8-15-10-14(11-17)6-4-3-5-7-14/h9,15,17H,2-8,10-11H2,1H3. The molecule has 4 heteroatoms. The summed E-state index contributed by atoms with van der Waals surface area (Å²) in [4.78, 5) is 4.55. The Morgan fingerprint density at radius 3 is 2.78 bits per heavy atom. The molecular formula is C14H24N2OS.